The number of sulfonamides is 1. The molecule has 2 aromatic rings. The van der Waals surface area contributed by atoms with Gasteiger partial charge < -0.3 is 24.3 Å². The van der Waals surface area contributed by atoms with Crippen molar-refractivity contribution in [1.82, 2.24) is 4.31 Å². The number of nitrogens with one attached hydrogen (secondary N) is 1. The molecule has 11 heteroatoms. The van der Waals surface area contributed by atoms with Crippen LogP contribution >= 0.6 is 0 Å². The van der Waals surface area contributed by atoms with Gasteiger partial charge in [-0.15, -0.1) is 0 Å². The number of ether oxygens (including phenoxy) is 4. The summed E-state index contributed by atoms with van der Waals surface area (Å²) in [6, 6.07) is 9.89. The lowest BCUT2D eigenvalue weighted by atomic mass is 10.2. The largest absolute Gasteiger partial charge is 0.497 e. The fraction of sp³-hybridized carbons (Fsp3) is 0.364. The van der Waals surface area contributed by atoms with Crippen molar-refractivity contribution in [3.05, 3.63) is 42.5 Å². The van der Waals surface area contributed by atoms with Gasteiger partial charge in [0.25, 0.3) is 5.91 Å². The summed E-state index contributed by atoms with van der Waals surface area (Å²) in [6.45, 7) is 0.526. The van der Waals surface area contributed by atoms with Gasteiger partial charge in [0.2, 0.25) is 10.0 Å². The maximum absolute atomic E-state index is 13.0. The minimum absolute atomic E-state index is 0.0550. The second-order valence-electron chi connectivity index (χ2n) is 7.46. The van der Waals surface area contributed by atoms with Gasteiger partial charge in [0.1, 0.15) is 25.0 Å². The van der Waals surface area contributed by atoms with Crippen LogP contribution in [0.4, 0.5) is 5.69 Å². The van der Waals surface area contributed by atoms with Crippen LogP contribution < -0.4 is 19.5 Å². The normalized spacial score (nSPS) is 17.9. The van der Waals surface area contributed by atoms with Crippen molar-refractivity contribution in [2.45, 2.75) is 23.8 Å². The molecule has 1 N–H and O–H groups in total. The Hall–Kier alpha value is -3.31. The standard InChI is InChI=1S/C22H24N2O8S/c1-29-16-5-7-17(8-6-16)33(27,28)24-10-2-3-18(24)22(26)32-14-21(25)23-15-4-9-19-20(13-15)31-12-11-30-19/h4-9,13,18H,2-3,10-12,14H2,1H3,(H,23,25). The van der Waals surface area contributed by atoms with E-state index >= 15 is 0 Å². The Morgan fingerprint density at radius 2 is 1.82 bits per heavy atom. The Balaban J connectivity index is 1.35. The van der Waals surface area contributed by atoms with E-state index in [1.54, 1.807) is 30.3 Å². The van der Waals surface area contributed by atoms with Crippen LogP contribution in [0.3, 0.4) is 0 Å². The van der Waals surface area contributed by atoms with Gasteiger partial charge in [-0.25, -0.2) is 8.42 Å². The lowest BCUT2D eigenvalue weighted by Gasteiger charge is -2.22. The topological polar surface area (TPSA) is 120 Å². The molecule has 0 aromatic heterocycles. The molecular weight excluding hydrogens is 452 g/mol. The molecule has 2 aromatic carbocycles. The van der Waals surface area contributed by atoms with E-state index in [4.69, 9.17) is 18.9 Å². The molecule has 0 bridgehead atoms. The fourth-order valence-corrected chi connectivity index (χ4v) is 5.34. The molecule has 1 fully saturated rings. The maximum Gasteiger partial charge on any atom is 0.324 e. The molecule has 1 unspecified atom stereocenters. The molecule has 4 rings (SSSR count). The van der Waals surface area contributed by atoms with E-state index in [-0.39, 0.29) is 11.4 Å². The van der Waals surface area contributed by atoms with Crippen molar-refractivity contribution in [2.75, 3.05) is 38.8 Å². The summed E-state index contributed by atoms with van der Waals surface area (Å²) in [6.07, 6.45) is 0.830. The first-order chi connectivity index (χ1) is 15.9. The van der Waals surface area contributed by atoms with Crippen molar-refractivity contribution in [3.63, 3.8) is 0 Å². The van der Waals surface area contributed by atoms with Crippen LogP contribution in [-0.2, 0) is 24.3 Å². The molecule has 2 heterocycles. The van der Waals surface area contributed by atoms with Crippen molar-refractivity contribution < 1.29 is 37.0 Å². The van der Waals surface area contributed by atoms with Crippen molar-refractivity contribution in [2.24, 2.45) is 0 Å². The fourth-order valence-electron chi connectivity index (χ4n) is 3.70. The van der Waals surface area contributed by atoms with Crippen LogP contribution in [0.25, 0.3) is 0 Å². The van der Waals surface area contributed by atoms with Crippen molar-refractivity contribution in [3.8, 4) is 17.2 Å². The number of fused-ring (bicyclic) bond motifs is 1. The summed E-state index contributed by atoms with van der Waals surface area (Å²) in [4.78, 5) is 24.9. The van der Waals surface area contributed by atoms with Crippen LogP contribution in [0.2, 0.25) is 0 Å². The number of esters is 1. The van der Waals surface area contributed by atoms with E-state index < -0.39 is 34.5 Å². The predicted molar refractivity (Wildman–Crippen MR) is 117 cm³/mol. The van der Waals surface area contributed by atoms with Crippen molar-refractivity contribution >= 4 is 27.6 Å². The third-order valence-electron chi connectivity index (χ3n) is 5.31. The number of amides is 1. The van der Waals surface area contributed by atoms with Crippen LogP contribution in [0.15, 0.2) is 47.4 Å². The first kappa shape index (κ1) is 22.9. The lowest BCUT2D eigenvalue weighted by molar-refractivity contribution is -0.150. The number of carbonyl (C=O) groups excluding carboxylic acids is 2. The summed E-state index contributed by atoms with van der Waals surface area (Å²) in [5.41, 5.74) is 0.463. The summed E-state index contributed by atoms with van der Waals surface area (Å²) in [5.74, 6) is 0.311. The van der Waals surface area contributed by atoms with Gasteiger partial charge >= 0.3 is 5.97 Å². The van der Waals surface area contributed by atoms with Gasteiger partial charge in [0, 0.05) is 18.3 Å². The van der Waals surface area contributed by atoms with Gasteiger partial charge in [-0.2, -0.15) is 4.31 Å². The van der Waals surface area contributed by atoms with Crippen LogP contribution in [-0.4, -0.2) is 64.1 Å². The molecule has 1 saturated heterocycles. The number of anilines is 1. The van der Waals surface area contributed by atoms with Gasteiger partial charge in [-0.05, 0) is 49.2 Å². The molecule has 33 heavy (non-hydrogen) atoms. The quantitative estimate of drug-likeness (QED) is 0.601. The number of hydrogen-bond donors (Lipinski definition) is 1. The zero-order valence-electron chi connectivity index (χ0n) is 18.0. The molecule has 0 aliphatic carbocycles. The van der Waals surface area contributed by atoms with E-state index in [0.717, 1.165) is 4.31 Å². The number of rotatable bonds is 7. The van der Waals surface area contributed by atoms with Gasteiger partial charge in [-0.3, -0.25) is 9.59 Å². The second kappa shape index (κ2) is 9.67. The monoisotopic (exact) mass is 476 g/mol. The zero-order valence-corrected chi connectivity index (χ0v) is 18.8. The third kappa shape index (κ3) is 5.04. The molecule has 0 radical (unpaired) electrons. The number of carbonyl (C=O) groups is 2. The highest BCUT2D eigenvalue weighted by Gasteiger charge is 2.40. The van der Waals surface area contributed by atoms with E-state index in [0.29, 0.717) is 49.0 Å². The lowest BCUT2D eigenvalue weighted by Crippen LogP contribution is -2.42. The van der Waals surface area contributed by atoms with E-state index in [1.807, 2.05) is 0 Å². The predicted octanol–water partition coefficient (Wildman–Crippen LogP) is 1.80. The molecule has 0 saturated carbocycles. The Labute approximate surface area is 191 Å². The minimum Gasteiger partial charge on any atom is -0.497 e. The zero-order chi connectivity index (χ0) is 23.4. The number of methoxy groups -OCH3 is 1. The molecule has 176 valence electrons. The minimum atomic E-state index is -3.90. The first-order valence-electron chi connectivity index (χ1n) is 10.4. The summed E-state index contributed by atoms with van der Waals surface area (Å²) in [7, 11) is -2.42. The molecule has 2 aliphatic rings. The van der Waals surface area contributed by atoms with E-state index in [9.17, 15) is 18.0 Å². The first-order valence-corrected chi connectivity index (χ1v) is 11.8. The van der Waals surface area contributed by atoms with E-state index in [2.05, 4.69) is 5.32 Å². The van der Waals surface area contributed by atoms with Crippen molar-refractivity contribution in [1.29, 1.82) is 0 Å². The van der Waals surface area contributed by atoms with Gasteiger partial charge in [-0.1, -0.05) is 0 Å². The number of benzene rings is 2. The Kier molecular flexibility index (Phi) is 6.70. The Bertz CT molecular complexity index is 1130. The van der Waals surface area contributed by atoms with Crippen LogP contribution in [0.5, 0.6) is 17.2 Å². The molecular formula is C22H24N2O8S. The highest BCUT2D eigenvalue weighted by atomic mass is 32.2. The maximum atomic E-state index is 13.0. The Morgan fingerprint density at radius 1 is 1.09 bits per heavy atom. The summed E-state index contributed by atoms with van der Waals surface area (Å²) in [5, 5.41) is 2.62. The third-order valence-corrected chi connectivity index (χ3v) is 7.24. The summed E-state index contributed by atoms with van der Waals surface area (Å²) < 4.78 is 48.3. The molecule has 1 atom stereocenters. The summed E-state index contributed by atoms with van der Waals surface area (Å²) >= 11 is 0. The van der Waals surface area contributed by atoms with E-state index in [1.165, 1.54) is 19.2 Å². The number of hydrogen-bond acceptors (Lipinski definition) is 8. The van der Waals surface area contributed by atoms with Crippen LogP contribution in [0.1, 0.15) is 12.8 Å². The Morgan fingerprint density at radius 3 is 2.55 bits per heavy atom. The SMILES string of the molecule is COc1ccc(S(=O)(=O)N2CCCC2C(=O)OCC(=O)Nc2ccc3c(c2)OCCO3)cc1. The molecule has 2 aliphatic heterocycles. The molecule has 0 spiro atoms. The average molecular weight is 477 g/mol. The second-order valence-corrected chi connectivity index (χ2v) is 9.35. The highest BCUT2D eigenvalue weighted by molar-refractivity contribution is 7.89. The average Bonchev–Trinajstić information content (AvgIpc) is 3.34. The highest BCUT2D eigenvalue weighted by Crippen LogP contribution is 2.32. The number of nitrogens with zero attached hydrogens (tertiary/aromatic N) is 1. The smallest absolute Gasteiger partial charge is 0.324 e. The van der Waals surface area contributed by atoms with Gasteiger partial charge in [0.15, 0.2) is 18.1 Å². The molecule has 1 amide bonds. The molecule has 10 nitrogen and oxygen atoms in total. The van der Waals surface area contributed by atoms with Gasteiger partial charge in [0.05, 0.1) is 12.0 Å². The van der Waals surface area contributed by atoms with Crippen LogP contribution in [0, 0.1) is 0 Å².